The molecule has 1 saturated heterocycles. The van der Waals surface area contributed by atoms with E-state index in [4.69, 9.17) is 10.5 Å². The number of nitrogens with zero attached hydrogens (tertiary/aromatic N) is 6. The molecule has 1 aliphatic rings. The van der Waals surface area contributed by atoms with E-state index in [9.17, 15) is 30.2 Å². The van der Waals surface area contributed by atoms with Gasteiger partial charge in [-0.2, -0.15) is 10.1 Å². The maximum atomic E-state index is 12.4. The standard InChI is InChI=1S/C21H27N9O7/c1-3-28(4-2)11-6-5-10(7-12(11)30(35)36)8-23-27-21-24-14-17(25-20(22)26-18(14)34)29(21)19-16(33)15(32)13(9-31)37-19/h5-8,13,15-16,19,31-33H,3-4,9H2,1-2H3,(H,24,27)(H3,22,25,26,34)/b23-8-/t13-,15+,16-,19-/m1/s1. The highest BCUT2D eigenvalue weighted by Crippen LogP contribution is 2.34. The minimum absolute atomic E-state index is 0.0620. The normalized spacial score (nSPS) is 21.6. The smallest absolute Gasteiger partial charge is 0.293 e. The number of hydrazone groups is 1. The first kappa shape index (κ1) is 26.0. The third-order valence-electron chi connectivity index (χ3n) is 6.02. The largest absolute Gasteiger partial charge is 0.394 e. The van der Waals surface area contributed by atoms with Gasteiger partial charge in [-0.3, -0.25) is 24.5 Å². The number of nitrogens with two attached hydrogens (primary N) is 1. The second kappa shape index (κ2) is 10.5. The number of nitro benzene ring substituents is 1. The fourth-order valence-electron chi connectivity index (χ4n) is 4.18. The molecule has 3 aromatic rings. The van der Waals surface area contributed by atoms with E-state index in [1.807, 2.05) is 18.7 Å². The molecule has 198 valence electrons. The number of ether oxygens (including phenoxy) is 1. The number of benzene rings is 1. The van der Waals surface area contributed by atoms with Crippen LogP contribution in [0, 0.1) is 10.1 Å². The molecule has 1 fully saturated rings. The van der Waals surface area contributed by atoms with Gasteiger partial charge in [0, 0.05) is 24.7 Å². The van der Waals surface area contributed by atoms with Gasteiger partial charge in [-0.15, -0.1) is 0 Å². The highest BCUT2D eigenvalue weighted by molar-refractivity contribution is 5.84. The molecule has 4 atom stereocenters. The number of hydrogen-bond acceptors (Lipinski definition) is 13. The van der Waals surface area contributed by atoms with E-state index in [1.165, 1.54) is 16.8 Å². The van der Waals surface area contributed by atoms with Crippen molar-refractivity contribution in [1.82, 2.24) is 19.5 Å². The molecule has 0 aliphatic carbocycles. The van der Waals surface area contributed by atoms with Crippen molar-refractivity contribution in [2.24, 2.45) is 5.10 Å². The topological polar surface area (TPSA) is 230 Å². The van der Waals surface area contributed by atoms with Crippen LogP contribution in [0.2, 0.25) is 0 Å². The molecule has 1 aliphatic heterocycles. The predicted molar refractivity (Wildman–Crippen MR) is 133 cm³/mol. The van der Waals surface area contributed by atoms with Crippen LogP contribution in [0.5, 0.6) is 0 Å². The van der Waals surface area contributed by atoms with Crippen LogP contribution in [0.3, 0.4) is 0 Å². The maximum Gasteiger partial charge on any atom is 0.293 e. The number of aromatic amines is 1. The van der Waals surface area contributed by atoms with Crippen molar-refractivity contribution in [3.8, 4) is 0 Å². The fraction of sp³-hybridized carbons (Fsp3) is 0.429. The number of imidazole rings is 1. The Kier molecular flexibility index (Phi) is 7.35. The van der Waals surface area contributed by atoms with Crippen molar-refractivity contribution < 1.29 is 25.0 Å². The van der Waals surface area contributed by atoms with Gasteiger partial charge in [-0.25, -0.2) is 10.4 Å². The third-order valence-corrected chi connectivity index (χ3v) is 6.02. The van der Waals surface area contributed by atoms with E-state index >= 15 is 0 Å². The van der Waals surface area contributed by atoms with Crippen molar-refractivity contribution >= 4 is 40.6 Å². The molecular formula is C21H27N9O7. The van der Waals surface area contributed by atoms with E-state index in [0.29, 0.717) is 24.3 Å². The average Bonchev–Trinajstić information content (AvgIpc) is 3.36. The van der Waals surface area contributed by atoms with E-state index in [2.05, 4.69) is 25.5 Å². The molecule has 16 nitrogen and oxygen atoms in total. The number of fused-ring (bicyclic) bond motifs is 1. The van der Waals surface area contributed by atoms with Crippen LogP contribution in [0.1, 0.15) is 25.6 Å². The molecule has 0 radical (unpaired) electrons. The van der Waals surface area contributed by atoms with E-state index in [-0.39, 0.29) is 28.7 Å². The summed E-state index contributed by atoms with van der Waals surface area (Å²) in [4.78, 5) is 36.0. The number of rotatable bonds is 9. The molecule has 0 saturated carbocycles. The van der Waals surface area contributed by atoms with Gasteiger partial charge in [-0.1, -0.05) is 6.07 Å². The predicted octanol–water partition coefficient (Wildman–Crippen LogP) is -0.486. The van der Waals surface area contributed by atoms with E-state index in [1.54, 1.807) is 12.1 Å². The summed E-state index contributed by atoms with van der Waals surface area (Å²) in [5.41, 5.74) is 8.23. The van der Waals surface area contributed by atoms with Crippen LogP contribution >= 0.6 is 0 Å². The zero-order valence-electron chi connectivity index (χ0n) is 20.0. The lowest BCUT2D eigenvalue weighted by Gasteiger charge is -2.20. The summed E-state index contributed by atoms with van der Waals surface area (Å²) >= 11 is 0. The summed E-state index contributed by atoms with van der Waals surface area (Å²) in [6.07, 6.45) is -4.01. The van der Waals surface area contributed by atoms with E-state index < -0.39 is 41.6 Å². The van der Waals surface area contributed by atoms with Crippen LogP contribution in [-0.4, -0.2) is 84.0 Å². The van der Waals surface area contributed by atoms with Gasteiger partial charge in [0.1, 0.15) is 24.0 Å². The molecule has 2 aromatic heterocycles. The first-order chi connectivity index (χ1) is 17.7. The molecule has 1 aromatic carbocycles. The lowest BCUT2D eigenvalue weighted by Crippen LogP contribution is -2.33. The van der Waals surface area contributed by atoms with E-state index in [0.717, 1.165) is 0 Å². The Morgan fingerprint density at radius 3 is 2.68 bits per heavy atom. The summed E-state index contributed by atoms with van der Waals surface area (Å²) < 4.78 is 6.77. The SMILES string of the molecule is CCN(CC)c1ccc(/C=N\Nc2nc3c(=O)[nH]c(N)nc3n2[C@@H]2O[C@H](CO)[C@H](O)[C@H]2O)cc1[N+](=O)[O-]. The average molecular weight is 518 g/mol. The van der Waals surface area contributed by atoms with Crippen LogP contribution in [0.4, 0.5) is 23.3 Å². The van der Waals surface area contributed by atoms with Crippen LogP contribution in [-0.2, 0) is 4.74 Å². The number of aromatic nitrogens is 4. The van der Waals surface area contributed by atoms with Gasteiger partial charge in [0.25, 0.3) is 11.2 Å². The lowest BCUT2D eigenvalue weighted by atomic mass is 10.1. The Morgan fingerprint density at radius 2 is 2.05 bits per heavy atom. The molecule has 0 amide bonds. The Balaban J connectivity index is 1.71. The summed E-state index contributed by atoms with van der Waals surface area (Å²) in [5, 5.41) is 45.9. The lowest BCUT2D eigenvalue weighted by molar-refractivity contribution is -0.384. The summed E-state index contributed by atoms with van der Waals surface area (Å²) in [7, 11) is 0. The van der Waals surface area contributed by atoms with Gasteiger partial charge >= 0.3 is 0 Å². The van der Waals surface area contributed by atoms with Crippen LogP contribution < -0.4 is 21.6 Å². The first-order valence-corrected chi connectivity index (χ1v) is 11.4. The van der Waals surface area contributed by atoms with Gasteiger partial charge in [0.05, 0.1) is 17.7 Å². The molecule has 3 heterocycles. The Morgan fingerprint density at radius 1 is 1.32 bits per heavy atom. The maximum absolute atomic E-state index is 12.4. The number of nitrogens with one attached hydrogen (secondary N) is 2. The third kappa shape index (κ3) is 4.82. The first-order valence-electron chi connectivity index (χ1n) is 11.4. The summed E-state index contributed by atoms with van der Waals surface area (Å²) in [5.74, 6) is -0.319. The highest BCUT2D eigenvalue weighted by atomic mass is 16.6. The second-order valence-corrected chi connectivity index (χ2v) is 8.21. The molecular weight excluding hydrogens is 490 g/mol. The number of nitro groups is 1. The molecule has 0 bridgehead atoms. The number of anilines is 3. The van der Waals surface area contributed by atoms with Crippen molar-refractivity contribution in [1.29, 1.82) is 0 Å². The molecule has 16 heteroatoms. The van der Waals surface area contributed by atoms with Crippen molar-refractivity contribution in [2.45, 2.75) is 38.4 Å². The highest BCUT2D eigenvalue weighted by Gasteiger charge is 2.45. The monoisotopic (exact) mass is 517 g/mol. The second-order valence-electron chi connectivity index (χ2n) is 8.21. The van der Waals surface area contributed by atoms with Crippen molar-refractivity contribution in [3.05, 3.63) is 44.2 Å². The minimum atomic E-state index is -1.50. The number of H-pyrrole nitrogens is 1. The fourth-order valence-corrected chi connectivity index (χ4v) is 4.18. The van der Waals surface area contributed by atoms with Crippen molar-refractivity contribution in [2.75, 3.05) is 35.8 Å². The zero-order chi connectivity index (χ0) is 26.9. The molecule has 4 rings (SSSR count). The Hall–Kier alpha value is -4.12. The quantitative estimate of drug-likeness (QED) is 0.120. The minimum Gasteiger partial charge on any atom is -0.394 e. The summed E-state index contributed by atoms with van der Waals surface area (Å²) in [6, 6.07) is 4.67. The number of aliphatic hydroxyl groups excluding tert-OH is 3. The zero-order valence-corrected chi connectivity index (χ0v) is 20.0. The number of hydrogen-bond donors (Lipinski definition) is 6. The van der Waals surface area contributed by atoms with Gasteiger partial charge in [0.2, 0.25) is 11.9 Å². The molecule has 0 spiro atoms. The molecule has 0 unspecified atom stereocenters. The van der Waals surface area contributed by atoms with Gasteiger partial charge in [-0.05, 0) is 19.9 Å². The summed E-state index contributed by atoms with van der Waals surface area (Å²) in [6.45, 7) is 4.43. The van der Waals surface area contributed by atoms with Crippen LogP contribution in [0.15, 0.2) is 28.1 Å². The van der Waals surface area contributed by atoms with Crippen molar-refractivity contribution in [3.63, 3.8) is 0 Å². The van der Waals surface area contributed by atoms with Gasteiger partial charge in [0.15, 0.2) is 17.4 Å². The van der Waals surface area contributed by atoms with Crippen LogP contribution in [0.25, 0.3) is 11.2 Å². The Bertz CT molecular complexity index is 1380. The van der Waals surface area contributed by atoms with Gasteiger partial charge < -0.3 is 30.7 Å². The Labute approximate surface area is 209 Å². The number of aliphatic hydroxyl groups is 3. The molecule has 37 heavy (non-hydrogen) atoms. The molecule has 7 N–H and O–H groups in total. The number of nitrogen functional groups attached to an aromatic ring is 1.